The van der Waals surface area contributed by atoms with Gasteiger partial charge in [0, 0.05) is 25.5 Å². The van der Waals surface area contributed by atoms with Gasteiger partial charge in [0.25, 0.3) is 6.43 Å². The number of nitrogens with zero attached hydrogens (tertiary/aromatic N) is 4. The Morgan fingerprint density at radius 3 is 2.94 bits per heavy atom. The van der Waals surface area contributed by atoms with E-state index in [0.717, 1.165) is 24.3 Å². The maximum absolute atomic E-state index is 12.2. The minimum atomic E-state index is -2.55. The molecule has 0 atom stereocenters. The summed E-state index contributed by atoms with van der Waals surface area (Å²) >= 11 is 0.883. The predicted octanol–water partition coefficient (Wildman–Crippen LogP) is 2.17. The first-order valence-electron chi connectivity index (χ1n) is 5.08. The third kappa shape index (κ3) is 3.45. The van der Waals surface area contributed by atoms with E-state index >= 15 is 0 Å². The Hall–Kier alpha value is -1.57. The summed E-state index contributed by atoms with van der Waals surface area (Å²) in [7, 11) is 0. The van der Waals surface area contributed by atoms with Gasteiger partial charge >= 0.3 is 0 Å². The third-order valence-corrected chi connectivity index (χ3v) is 2.92. The number of alkyl halides is 2. The summed E-state index contributed by atoms with van der Waals surface area (Å²) in [6.07, 6.45) is 1.88. The maximum atomic E-state index is 12.2. The fraction of sp³-hybridized carbons (Fsp3) is 0.444. The van der Waals surface area contributed by atoms with Gasteiger partial charge in [-0.05, 0) is 12.5 Å². The minimum absolute atomic E-state index is 0.250. The molecule has 2 aromatic rings. The topological polar surface area (TPSA) is 55.6 Å². The zero-order chi connectivity index (χ0) is 12.1. The molecule has 0 aliphatic carbocycles. The Balaban J connectivity index is 1.71. The number of hydrogen-bond donors (Lipinski definition) is 1. The number of aryl methyl sites for hydroxylation is 1. The van der Waals surface area contributed by atoms with E-state index in [1.807, 2.05) is 16.9 Å². The first-order valence-corrected chi connectivity index (χ1v) is 5.90. The lowest BCUT2D eigenvalue weighted by Crippen LogP contribution is -2.06. The summed E-state index contributed by atoms with van der Waals surface area (Å²) < 4.78 is 26.3. The van der Waals surface area contributed by atoms with Gasteiger partial charge in [0.2, 0.25) is 5.13 Å². The fourth-order valence-electron chi connectivity index (χ4n) is 1.26. The molecule has 2 rings (SSSR count). The number of hydrogen-bond acceptors (Lipinski definition) is 5. The predicted molar refractivity (Wildman–Crippen MR) is 60.2 cm³/mol. The Morgan fingerprint density at radius 1 is 1.41 bits per heavy atom. The molecule has 5 nitrogen and oxygen atoms in total. The van der Waals surface area contributed by atoms with Gasteiger partial charge < -0.3 is 5.32 Å². The summed E-state index contributed by atoms with van der Waals surface area (Å²) in [5.74, 6) is 0. The molecule has 0 saturated carbocycles. The molecule has 1 N–H and O–H groups in total. The molecule has 0 amide bonds. The van der Waals surface area contributed by atoms with Crippen molar-refractivity contribution in [2.45, 2.75) is 19.4 Å². The fourth-order valence-corrected chi connectivity index (χ4v) is 1.89. The second-order valence-electron chi connectivity index (χ2n) is 3.30. The van der Waals surface area contributed by atoms with Crippen LogP contribution in [-0.2, 0) is 6.54 Å². The lowest BCUT2D eigenvalue weighted by molar-refractivity contribution is 0.150. The molecule has 0 unspecified atom stereocenters. The molecule has 8 heteroatoms. The molecule has 0 radical (unpaired) electrons. The molecule has 0 spiro atoms. The zero-order valence-corrected chi connectivity index (χ0v) is 9.70. The first-order chi connectivity index (χ1) is 8.25. The lowest BCUT2D eigenvalue weighted by Gasteiger charge is -2.02. The van der Waals surface area contributed by atoms with E-state index in [4.69, 9.17) is 0 Å². The summed E-state index contributed by atoms with van der Waals surface area (Å²) in [6, 6.07) is 1.85. The molecule has 2 heterocycles. The summed E-state index contributed by atoms with van der Waals surface area (Å²) in [4.78, 5) is 0. The van der Waals surface area contributed by atoms with Crippen LogP contribution in [0.4, 0.5) is 13.9 Å². The van der Waals surface area contributed by atoms with Crippen LogP contribution in [0.15, 0.2) is 18.5 Å². The van der Waals surface area contributed by atoms with Crippen molar-refractivity contribution in [3.05, 3.63) is 23.5 Å². The summed E-state index contributed by atoms with van der Waals surface area (Å²) in [5, 5.41) is 14.2. The van der Waals surface area contributed by atoms with Crippen LogP contribution < -0.4 is 5.32 Å². The van der Waals surface area contributed by atoms with Crippen molar-refractivity contribution < 1.29 is 8.78 Å². The van der Waals surface area contributed by atoms with Crippen molar-refractivity contribution in [1.82, 2.24) is 20.0 Å². The van der Waals surface area contributed by atoms with Crippen molar-refractivity contribution in [3.63, 3.8) is 0 Å². The Bertz CT molecular complexity index is 442. The monoisotopic (exact) mass is 259 g/mol. The molecule has 92 valence electrons. The second kappa shape index (κ2) is 5.67. The zero-order valence-electron chi connectivity index (χ0n) is 8.88. The molecule has 0 aliphatic rings. The average Bonchev–Trinajstić information content (AvgIpc) is 2.96. The van der Waals surface area contributed by atoms with E-state index in [-0.39, 0.29) is 5.01 Å². The van der Waals surface area contributed by atoms with Gasteiger partial charge in [-0.3, -0.25) is 4.68 Å². The van der Waals surface area contributed by atoms with Crippen LogP contribution in [-0.4, -0.2) is 26.5 Å². The molecular weight excluding hydrogens is 248 g/mol. The van der Waals surface area contributed by atoms with Gasteiger partial charge in [0.05, 0.1) is 0 Å². The number of anilines is 1. The second-order valence-corrected chi connectivity index (χ2v) is 4.30. The van der Waals surface area contributed by atoms with Crippen LogP contribution in [0.3, 0.4) is 0 Å². The number of halogens is 2. The standard InChI is InChI=1S/C9H11F2N5S/c10-7(11)8-14-15-9(17-8)12-3-1-5-16-6-2-4-13-16/h2,4,6-7H,1,3,5H2,(H,12,15). The SMILES string of the molecule is FC(F)c1nnc(NCCCn2cccn2)s1. The van der Waals surface area contributed by atoms with E-state index in [2.05, 4.69) is 20.6 Å². The highest BCUT2D eigenvalue weighted by atomic mass is 32.1. The molecular formula is C9H11F2N5S. The molecule has 0 saturated heterocycles. The summed E-state index contributed by atoms with van der Waals surface area (Å²) in [6.45, 7) is 1.43. The van der Waals surface area contributed by atoms with Crippen LogP contribution in [0.1, 0.15) is 17.9 Å². The van der Waals surface area contributed by atoms with Gasteiger partial charge in [-0.1, -0.05) is 11.3 Å². The minimum Gasteiger partial charge on any atom is -0.360 e. The van der Waals surface area contributed by atoms with Gasteiger partial charge in [0.15, 0.2) is 5.01 Å². The van der Waals surface area contributed by atoms with Crippen molar-refractivity contribution in [2.75, 3.05) is 11.9 Å². The van der Waals surface area contributed by atoms with Crippen molar-refractivity contribution in [1.29, 1.82) is 0 Å². The Kier molecular flexibility index (Phi) is 3.97. The van der Waals surface area contributed by atoms with Crippen LogP contribution >= 0.6 is 11.3 Å². The van der Waals surface area contributed by atoms with Crippen molar-refractivity contribution >= 4 is 16.5 Å². The van der Waals surface area contributed by atoms with Crippen molar-refractivity contribution in [2.24, 2.45) is 0 Å². The van der Waals surface area contributed by atoms with E-state index < -0.39 is 6.43 Å². The van der Waals surface area contributed by atoms with Crippen LogP contribution in [0.25, 0.3) is 0 Å². The Morgan fingerprint density at radius 2 is 2.29 bits per heavy atom. The quantitative estimate of drug-likeness (QED) is 0.808. The van der Waals surface area contributed by atoms with E-state index in [1.165, 1.54) is 0 Å². The van der Waals surface area contributed by atoms with Gasteiger partial charge in [-0.2, -0.15) is 5.10 Å². The Labute approximate surface area is 100 Å². The van der Waals surface area contributed by atoms with Gasteiger partial charge in [0.1, 0.15) is 0 Å². The number of nitrogens with one attached hydrogen (secondary N) is 1. The highest BCUT2D eigenvalue weighted by Gasteiger charge is 2.13. The van der Waals surface area contributed by atoms with Crippen LogP contribution in [0.5, 0.6) is 0 Å². The molecule has 0 aliphatic heterocycles. The molecule has 17 heavy (non-hydrogen) atoms. The van der Waals surface area contributed by atoms with Gasteiger partial charge in [-0.15, -0.1) is 10.2 Å². The largest absolute Gasteiger partial charge is 0.360 e. The average molecular weight is 259 g/mol. The third-order valence-electron chi connectivity index (χ3n) is 2.03. The molecule has 0 aromatic carbocycles. The lowest BCUT2D eigenvalue weighted by atomic mass is 10.4. The van der Waals surface area contributed by atoms with Crippen LogP contribution in [0, 0.1) is 0 Å². The van der Waals surface area contributed by atoms with Gasteiger partial charge in [-0.25, -0.2) is 8.78 Å². The van der Waals surface area contributed by atoms with Crippen LogP contribution in [0.2, 0.25) is 0 Å². The normalized spacial score (nSPS) is 11.0. The maximum Gasteiger partial charge on any atom is 0.291 e. The molecule has 0 fully saturated rings. The first kappa shape index (κ1) is 11.9. The molecule has 0 bridgehead atoms. The van der Waals surface area contributed by atoms with E-state index in [9.17, 15) is 8.78 Å². The number of aromatic nitrogens is 4. The van der Waals surface area contributed by atoms with E-state index in [1.54, 1.807) is 6.20 Å². The van der Waals surface area contributed by atoms with Crippen molar-refractivity contribution in [3.8, 4) is 0 Å². The number of rotatable bonds is 6. The molecule has 2 aromatic heterocycles. The highest BCUT2D eigenvalue weighted by Crippen LogP contribution is 2.24. The highest BCUT2D eigenvalue weighted by molar-refractivity contribution is 7.15. The smallest absolute Gasteiger partial charge is 0.291 e. The van der Waals surface area contributed by atoms with E-state index in [0.29, 0.717) is 11.7 Å². The summed E-state index contributed by atoms with van der Waals surface area (Å²) in [5.41, 5.74) is 0.